The lowest BCUT2D eigenvalue weighted by atomic mass is 10.1. The van der Waals surface area contributed by atoms with Crippen molar-refractivity contribution in [3.8, 4) is 0 Å². The highest BCUT2D eigenvalue weighted by Gasteiger charge is 2.18. The van der Waals surface area contributed by atoms with E-state index in [1.165, 1.54) is 12.1 Å². The zero-order valence-electron chi connectivity index (χ0n) is 11.9. The van der Waals surface area contributed by atoms with Gasteiger partial charge in [-0.3, -0.25) is 0 Å². The number of aromatic carboxylic acids is 1. The Balaban J connectivity index is 2.83. The number of carboxylic acid groups (broad SMARTS) is 1. The molecule has 5 nitrogen and oxygen atoms in total. The molecule has 0 fully saturated rings. The largest absolute Gasteiger partial charge is 0.478 e. The zero-order valence-corrected chi connectivity index (χ0v) is 13.4. The summed E-state index contributed by atoms with van der Waals surface area (Å²) in [5.74, 6) is -1.21. The van der Waals surface area contributed by atoms with Gasteiger partial charge in [0.15, 0.2) is 0 Å². The molecule has 0 aromatic heterocycles. The second-order valence-corrected chi connectivity index (χ2v) is 5.60. The van der Waals surface area contributed by atoms with Crippen LogP contribution in [0.3, 0.4) is 0 Å². The molecule has 0 heterocycles. The van der Waals surface area contributed by atoms with Crippen molar-refractivity contribution in [2.45, 2.75) is 39.2 Å². The van der Waals surface area contributed by atoms with Crippen molar-refractivity contribution >= 4 is 40.9 Å². The smallest absolute Gasteiger partial charge is 0.337 e. The summed E-state index contributed by atoms with van der Waals surface area (Å²) in [6, 6.07) is 2.12. The molecule has 0 bridgehead atoms. The van der Waals surface area contributed by atoms with Crippen LogP contribution in [0.4, 0.5) is 10.5 Å². The van der Waals surface area contributed by atoms with Crippen molar-refractivity contribution in [3.63, 3.8) is 0 Å². The molecule has 21 heavy (non-hydrogen) atoms. The van der Waals surface area contributed by atoms with E-state index in [9.17, 15) is 9.59 Å². The Hall–Kier alpha value is -1.46. The van der Waals surface area contributed by atoms with Crippen molar-refractivity contribution in [1.82, 2.24) is 5.32 Å². The summed E-state index contributed by atoms with van der Waals surface area (Å²) in [6.45, 7) is 3.95. The van der Waals surface area contributed by atoms with E-state index in [1.54, 1.807) is 0 Å². The molecule has 1 unspecified atom stereocenters. The fraction of sp³-hybridized carbons (Fsp3) is 0.429. The molecule has 116 valence electrons. The van der Waals surface area contributed by atoms with Crippen molar-refractivity contribution in [2.75, 3.05) is 5.32 Å². The van der Waals surface area contributed by atoms with Crippen LogP contribution in [0, 0.1) is 0 Å². The summed E-state index contributed by atoms with van der Waals surface area (Å²) in [6.07, 6.45) is 2.90. The van der Waals surface area contributed by atoms with E-state index >= 15 is 0 Å². The van der Waals surface area contributed by atoms with E-state index in [1.807, 2.05) is 6.92 Å². The Morgan fingerprint density at radius 3 is 2.57 bits per heavy atom. The van der Waals surface area contributed by atoms with Crippen LogP contribution in [0.25, 0.3) is 0 Å². The number of rotatable bonds is 6. The maximum Gasteiger partial charge on any atom is 0.337 e. The van der Waals surface area contributed by atoms with Crippen LogP contribution in [0.2, 0.25) is 10.0 Å². The number of carbonyl (C=O) groups excluding carboxylic acids is 1. The van der Waals surface area contributed by atoms with Crippen LogP contribution < -0.4 is 10.6 Å². The first-order chi connectivity index (χ1) is 9.85. The van der Waals surface area contributed by atoms with Crippen LogP contribution in [0.5, 0.6) is 0 Å². The molecule has 7 heteroatoms. The minimum absolute atomic E-state index is 0.00990. The number of nitrogens with one attached hydrogen (secondary N) is 2. The molecular formula is C14H18Cl2N2O3. The predicted molar refractivity (Wildman–Crippen MR) is 84.6 cm³/mol. The monoisotopic (exact) mass is 332 g/mol. The van der Waals surface area contributed by atoms with Crippen LogP contribution >= 0.6 is 23.2 Å². The number of halogens is 2. The molecule has 1 aromatic rings. The van der Waals surface area contributed by atoms with Gasteiger partial charge in [0.2, 0.25) is 0 Å². The van der Waals surface area contributed by atoms with Crippen molar-refractivity contribution in [2.24, 2.45) is 0 Å². The number of anilines is 1. The third kappa shape index (κ3) is 5.44. The van der Waals surface area contributed by atoms with Gasteiger partial charge in [-0.15, -0.1) is 0 Å². The van der Waals surface area contributed by atoms with Gasteiger partial charge in [0, 0.05) is 11.1 Å². The molecule has 0 spiro atoms. The molecule has 2 amide bonds. The molecule has 0 radical (unpaired) electrons. The highest BCUT2D eigenvalue weighted by atomic mass is 35.5. The van der Waals surface area contributed by atoms with Crippen molar-refractivity contribution < 1.29 is 14.7 Å². The van der Waals surface area contributed by atoms with Crippen LogP contribution in [0.1, 0.15) is 43.5 Å². The minimum atomic E-state index is -1.21. The van der Waals surface area contributed by atoms with E-state index in [0.717, 1.165) is 19.3 Å². The summed E-state index contributed by atoms with van der Waals surface area (Å²) in [5, 5.41) is 14.6. The Kier molecular flexibility index (Phi) is 6.78. The summed E-state index contributed by atoms with van der Waals surface area (Å²) in [5.41, 5.74) is -0.113. The molecule has 3 N–H and O–H groups in total. The van der Waals surface area contributed by atoms with E-state index < -0.39 is 12.0 Å². The Labute approximate surface area is 133 Å². The lowest BCUT2D eigenvalue weighted by molar-refractivity contribution is 0.0698. The molecular weight excluding hydrogens is 315 g/mol. The second kappa shape index (κ2) is 8.10. The molecule has 1 rings (SSSR count). The number of amides is 2. The summed E-state index contributed by atoms with van der Waals surface area (Å²) in [7, 11) is 0. The number of carbonyl (C=O) groups is 2. The topological polar surface area (TPSA) is 78.4 Å². The Morgan fingerprint density at radius 1 is 1.33 bits per heavy atom. The summed E-state index contributed by atoms with van der Waals surface area (Å²) in [4.78, 5) is 23.1. The molecule has 0 aliphatic heterocycles. The number of carboxylic acids is 1. The number of hydrogen-bond acceptors (Lipinski definition) is 2. The SMILES string of the molecule is CCCCC(C)NC(=O)Nc1c(Cl)cc(Cl)cc1C(=O)O. The second-order valence-electron chi connectivity index (χ2n) is 4.76. The van der Waals surface area contributed by atoms with Gasteiger partial charge in [-0.2, -0.15) is 0 Å². The van der Waals surface area contributed by atoms with E-state index in [0.29, 0.717) is 0 Å². The first-order valence-corrected chi connectivity index (χ1v) is 7.40. The lowest BCUT2D eigenvalue weighted by Gasteiger charge is -2.16. The highest BCUT2D eigenvalue weighted by molar-refractivity contribution is 6.37. The van der Waals surface area contributed by atoms with E-state index in [-0.39, 0.29) is 27.3 Å². The molecule has 0 aliphatic carbocycles. The first kappa shape index (κ1) is 17.6. The van der Waals surface area contributed by atoms with Gasteiger partial charge in [-0.1, -0.05) is 43.0 Å². The third-order valence-electron chi connectivity index (χ3n) is 2.89. The Morgan fingerprint density at radius 2 is 2.00 bits per heavy atom. The lowest BCUT2D eigenvalue weighted by Crippen LogP contribution is -2.36. The Bertz CT molecular complexity index is 535. The van der Waals surface area contributed by atoms with Gasteiger partial charge in [0.05, 0.1) is 16.3 Å². The van der Waals surface area contributed by atoms with Gasteiger partial charge in [0.25, 0.3) is 0 Å². The average Bonchev–Trinajstić information content (AvgIpc) is 2.38. The summed E-state index contributed by atoms with van der Waals surface area (Å²) < 4.78 is 0. The quantitative estimate of drug-likeness (QED) is 0.722. The van der Waals surface area contributed by atoms with E-state index in [2.05, 4.69) is 17.6 Å². The first-order valence-electron chi connectivity index (χ1n) is 6.65. The maximum atomic E-state index is 11.9. The molecule has 0 saturated carbocycles. The predicted octanol–water partition coefficient (Wildman–Crippen LogP) is 4.39. The standard InChI is InChI=1S/C14H18Cl2N2O3/c1-3-4-5-8(2)17-14(21)18-12-10(13(19)20)6-9(15)7-11(12)16/h6-8H,3-5H2,1-2H3,(H,19,20)(H2,17,18,21). The number of unbranched alkanes of at least 4 members (excludes halogenated alkanes) is 1. The average molecular weight is 333 g/mol. The third-order valence-corrected chi connectivity index (χ3v) is 3.41. The maximum absolute atomic E-state index is 11.9. The zero-order chi connectivity index (χ0) is 16.0. The van der Waals surface area contributed by atoms with Crippen LogP contribution in [0.15, 0.2) is 12.1 Å². The molecule has 1 aromatic carbocycles. The van der Waals surface area contributed by atoms with Gasteiger partial charge >= 0.3 is 12.0 Å². The van der Waals surface area contributed by atoms with Crippen molar-refractivity contribution in [1.29, 1.82) is 0 Å². The van der Waals surface area contributed by atoms with Gasteiger partial charge in [-0.05, 0) is 25.5 Å². The van der Waals surface area contributed by atoms with Gasteiger partial charge in [0.1, 0.15) is 0 Å². The minimum Gasteiger partial charge on any atom is -0.478 e. The fourth-order valence-electron chi connectivity index (χ4n) is 1.83. The number of urea groups is 1. The van der Waals surface area contributed by atoms with Gasteiger partial charge in [-0.25, -0.2) is 9.59 Å². The number of benzene rings is 1. The molecule has 1 atom stereocenters. The van der Waals surface area contributed by atoms with Crippen molar-refractivity contribution in [3.05, 3.63) is 27.7 Å². The van der Waals surface area contributed by atoms with Crippen LogP contribution in [-0.4, -0.2) is 23.1 Å². The van der Waals surface area contributed by atoms with Crippen LogP contribution in [-0.2, 0) is 0 Å². The number of hydrogen-bond donors (Lipinski definition) is 3. The van der Waals surface area contributed by atoms with Gasteiger partial charge < -0.3 is 15.7 Å². The fourth-order valence-corrected chi connectivity index (χ4v) is 2.37. The van der Waals surface area contributed by atoms with E-state index in [4.69, 9.17) is 28.3 Å². The highest BCUT2D eigenvalue weighted by Crippen LogP contribution is 2.30. The molecule has 0 saturated heterocycles. The normalized spacial score (nSPS) is 11.8. The summed E-state index contributed by atoms with van der Waals surface area (Å²) >= 11 is 11.7. The molecule has 0 aliphatic rings.